The summed E-state index contributed by atoms with van der Waals surface area (Å²) in [4.78, 5) is 27.7. The van der Waals surface area contributed by atoms with Gasteiger partial charge in [-0.25, -0.2) is 0 Å². The number of halogens is 1. The number of aryl methyl sites for hydroxylation is 2. The summed E-state index contributed by atoms with van der Waals surface area (Å²) in [5, 5.41) is 17.4. The monoisotopic (exact) mass is 425 g/mol. The van der Waals surface area contributed by atoms with E-state index in [9.17, 15) is 14.7 Å². The van der Waals surface area contributed by atoms with Gasteiger partial charge in [0.25, 0.3) is 5.91 Å². The van der Waals surface area contributed by atoms with Gasteiger partial charge in [-0.05, 0) is 56.2 Å². The fourth-order valence-electron chi connectivity index (χ4n) is 4.08. The van der Waals surface area contributed by atoms with Crippen LogP contribution in [0.4, 0.5) is 5.69 Å². The SMILES string of the molecule is CC1=NN(C(=O)C2CC(=O)N(c3ccc(C)c(C)c3)C2)C(O)(c2ccc(Cl)cc2)C1. The average Bonchev–Trinajstić information content (AvgIpc) is 3.24. The van der Waals surface area contributed by atoms with Crippen molar-refractivity contribution in [2.45, 2.75) is 39.3 Å². The average molecular weight is 426 g/mol. The van der Waals surface area contributed by atoms with E-state index < -0.39 is 11.6 Å². The Labute approximate surface area is 180 Å². The van der Waals surface area contributed by atoms with E-state index in [0.717, 1.165) is 21.8 Å². The maximum atomic E-state index is 13.3. The molecule has 0 aliphatic carbocycles. The molecule has 7 heteroatoms. The van der Waals surface area contributed by atoms with Crippen molar-refractivity contribution in [3.63, 3.8) is 0 Å². The number of hydrogen-bond donors (Lipinski definition) is 1. The molecule has 0 bridgehead atoms. The van der Waals surface area contributed by atoms with Gasteiger partial charge in [-0.3, -0.25) is 9.59 Å². The van der Waals surface area contributed by atoms with Gasteiger partial charge >= 0.3 is 0 Å². The number of carbonyl (C=O) groups is 2. The van der Waals surface area contributed by atoms with E-state index in [1.54, 1.807) is 36.1 Å². The molecule has 4 rings (SSSR count). The van der Waals surface area contributed by atoms with E-state index in [2.05, 4.69) is 5.10 Å². The fourth-order valence-corrected chi connectivity index (χ4v) is 4.21. The minimum Gasteiger partial charge on any atom is -0.365 e. The fraction of sp³-hybridized carbons (Fsp3) is 0.348. The second-order valence-electron chi connectivity index (χ2n) is 8.16. The Morgan fingerprint density at radius 3 is 2.50 bits per heavy atom. The first-order chi connectivity index (χ1) is 14.2. The molecule has 0 spiro atoms. The number of carbonyl (C=O) groups excluding carboxylic acids is 2. The molecule has 156 valence electrons. The summed E-state index contributed by atoms with van der Waals surface area (Å²) >= 11 is 5.97. The molecule has 2 unspecified atom stereocenters. The van der Waals surface area contributed by atoms with Gasteiger partial charge in [0.1, 0.15) is 0 Å². The number of nitrogens with zero attached hydrogens (tertiary/aromatic N) is 3. The summed E-state index contributed by atoms with van der Waals surface area (Å²) in [6, 6.07) is 12.6. The molecule has 2 heterocycles. The van der Waals surface area contributed by atoms with Crippen LogP contribution in [0.25, 0.3) is 0 Å². The van der Waals surface area contributed by atoms with Crippen molar-refractivity contribution in [1.82, 2.24) is 5.01 Å². The van der Waals surface area contributed by atoms with Gasteiger partial charge in [0.05, 0.1) is 5.92 Å². The zero-order chi connectivity index (χ0) is 21.6. The number of rotatable bonds is 3. The highest BCUT2D eigenvalue weighted by atomic mass is 35.5. The molecular formula is C23H24ClN3O3. The van der Waals surface area contributed by atoms with E-state index in [1.807, 2.05) is 32.0 Å². The van der Waals surface area contributed by atoms with Gasteiger partial charge in [-0.1, -0.05) is 29.8 Å². The van der Waals surface area contributed by atoms with Gasteiger partial charge in [0.2, 0.25) is 5.91 Å². The largest absolute Gasteiger partial charge is 0.365 e. The number of amides is 2. The first kappa shape index (κ1) is 20.6. The third-order valence-corrected chi connectivity index (χ3v) is 6.17. The van der Waals surface area contributed by atoms with Crippen LogP contribution >= 0.6 is 11.6 Å². The molecule has 2 atom stereocenters. The summed E-state index contributed by atoms with van der Waals surface area (Å²) in [5.41, 5.74) is 2.63. The molecule has 1 fully saturated rings. The minimum atomic E-state index is -1.58. The molecule has 2 aromatic rings. The van der Waals surface area contributed by atoms with Crippen LogP contribution in [0.3, 0.4) is 0 Å². The third kappa shape index (κ3) is 3.50. The predicted octanol–water partition coefficient (Wildman–Crippen LogP) is 3.76. The summed E-state index contributed by atoms with van der Waals surface area (Å²) in [6.07, 6.45) is 0.301. The lowest BCUT2D eigenvalue weighted by atomic mass is 9.96. The quantitative estimate of drug-likeness (QED) is 0.813. The van der Waals surface area contributed by atoms with E-state index in [0.29, 0.717) is 16.3 Å². The standard InChI is InChI=1S/C23H24ClN3O3/c1-14-4-9-20(10-15(14)2)26-13-17(11-21(26)28)22(29)27-23(30,12-16(3)25-27)18-5-7-19(24)8-6-18/h4-10,17,30H,11-13H2,1-3H3. The normalized spacial score (nSPS) is 23.8. The number of hydrogen-bond acceptors (Lipinski definition) is 4. The number of hydrazone groups is 1. The molecule has 2 aliphatic heterocycles. The van der Waals surface area contributed by atoms with Crippen molar-refractivity contribution >= 4 is 34.8 Å². The van der Waals surface area contributed by atoms with Crippen molar-refractivity contribution in [3.8, 4) is 0 Å². The third-order valence-electron chi connectivity index (χ3n) is 5.92. The summed E-state index contributed by atoms with van der Waals surface area (Å²) in [7, 11) is 0. The van der Waals surface area contributed by atoms with Crippen LogP contribution in [0.15, 0.2) is 47.6 Å². The van der Waals surface area contributed by atoms with Crippen LogP contribution in [0.5, 0.6) is 0 Å². The molecule has 1 N–H and O–H groups in total. The second-order valence-corrected chi connectivity index (χ2v) is 8.60. The Hall–Kier alpha value is -2.70. The van der Waals surface area contributed by atoms with Crippen LogP contribution in [0, 0.1) is 19.8 Å². The Balaban J connectivity index is 1.59. The Bertz CT molecular complexity index is 1050. The van der Waals surface area contributed by atoms with Gasteiger partial charge < -0.3 is 10.0 Å². The Morgan fingerprint density at radius 2 is 1.83 bits per heavy atom. The van der Waals surface area contributed by atoms with Crippen molar-refractivity contribution in [2.75, 3.05) is 11.4 Å². The summed E-state index contributed by atoms with van der Waals surface area (Å²) in [5.74, 6) is -1.04. The first-order valence-corrected chi connectivity index (χ1v) is 10.3. The van der Waals surface area contributed by atoms with Crippen molar-refractivity contribution in [2.24, 2.45) is 11.0 Å². The van der Waals surface area contributed by atoms with Crippen molar-refractivity contribution < 1.29 is 14.7 Å². The van der Waals surface area contributed by atoms with Crippen LogP contribution in [0.2, 0.25) is 5.02 Å². The topological polar surface area (TPSA) is 73.2 Å². The molecule has 6 nitrogen and oxygen atoms in total. The van der Waals surface area contributed by atoms with Crippen molar-refractivity contribution in [3.05, 3.63) is 64.2 Å². The molecule has 2 aromatic carbocycles. The molecule has 1 saturated heterocycles. The van der Waals surface area contributed by atoms with Gasteiger partial charge in [-0.2, -0.15) is 10.1 Å². The molecule has 2 amide bonds. The number of benzene rings is 2. The zero-order valence-electron chi connectivity index (χ0n) is 17.2. The van der Waals surface area contributed by atoms with Crippen LogP contribution in [0.1, 0.15) is 36.5 Å². The predicted molar refractivity (Wildman–Crippen MR) is 116 cm³/mol. The van der Waals surface area contributed by atoms with E-state index in [1.165, 1.54) is 0 Å². The maximum Gasteiger partial charge on any atom is 0.251 e. The molecule has 0 aromatic heterocycles. The van der Waals surface area contributed by atoms with Crippen LogP contribution in [-0.2, 0) is 15.3 Å². The Morgan fingerprint density at radius 1 is 1.13 bits per heavy atom. The minimum absolute atomic E-state index is 0.0908. The number of aliphatic hydroxyl groups is 1. The molecular weight excluding hydrogens is 402 g/mol. The first-order valence-electron chi connectivity index (χ1n) is 9.93. The highest BCUT2D eigenvalue weighted by molar-refractivity contribution is 6.30. The summed E-state index contributed by atoms with van der Waals surface area (Å²) < 4.78 is 0. The van der Waals surface area contributed by atoms with Crippen LogP contribution in [-0.4, -0.2) is 34.2 Å². The lowest BCUT2D eigenvalue weighted by Gasteiger charge is -2.33. The van der Waals surface area contributed by atoms with E-state index in [4.69, 9.17) is 11.6 Å². The highest BCUT2D eigenvalue weighted by Crippen LogP contribution is 2.38. The Kier molecular flexibility index (Phi) is 5.16. The van der Waals surface area contributed by atoms with E-state index >= 15 is 0 Å². The molecule has 2 aliphatic rings. The van der Waals surface area contributed by atoms with Gasteiger partial charge in [0, 0.05) is 41.4 Å². The smallest absolute Gasteiger partial charge is 0.251 e. The number of anilines is 1. The van der Waals surface area contributed by atoms with Crippen molar-refractivity contribution in [1.29, 1.82) is 0 Å². The van der Waals surface area contributed by atoms with Crippen LogP contribution < -0.4 is 4.90 Å². The molecule has 0 saturated carbocycles. The zero-order valence-corrected chi connectivity index (χ0v) is 18.0. The van der Waals surface area contributed by atoms with E-state index in [-0.39, 0.29) is 31.2 Å². The van der Waals surface area contributed by atoms with Gasteiger partial charge in [-0.15, -0.1) is 0 Å². The molecule has 0 radical (unpaired) electrons. The van der Waals surface area contributed by atoms with Gasteiger partial charge in [0.15, 0.2) is 5.72 Å². The highest BCUT2D eigenvalue weighted by Gasteiger charge is 2.48. The lowest BCUT2D eigenvalue weighted by Crippen LogP contribution is -2.46. The maximum absolute atomic E-state index is 13.3. The molecule has 30 heavy (non-hydrogen) atoms. The second kappa shape index (κ2) is 7.52. The summed E-state index contributed by atoms with van der Waals surface area (Å²) in [6.45, 7) is 6.05. The lowest BCUT2D eigenvalue weighted by molar-refractivity contribution is -0.161.